The third-order valence-corrected chi connectivity index (χ3v) is 3.61. The van der Waals surface area contributed by atoms with E-state index in [9.17, 15) is 24.4 Å². The third kappa shape index (κ3) is 4.33. The van der Waals surface area contributed by atoms with Gasteiger partial charge in [0.05, 0.1) is 16.6 Å². The molecular formula is C15H12BrFN2O4. The minimum atomic E-state index is -1.06. The van der Waals surface area contributed by atoms with Gasteiger partial charge in [0.15, 0.2) is 0 Å². The van der Waals surface area contributed by atoms with E-state index in [1.807, 2.05) is 0 Å². The molecule has 2 rings (SSSR count). The molecule has 0 aliphatic rings. The first-order valence-electron chi connectivity index (χ1n) is 6.54. The van der Waals surface area contributed by atoms with Gasteiger partial charge in [-0.1, -0.05) is 15.9 Å². The Hall–Kier alpha value is -2.32. The van der Waals surface area contributed by atoms with Crippen LogP contribution in [0.5, 0.6) is 0 Å². The summed E-state index contributed by atoms with van der Waals surface area (Å²) in [5, 5.41) is 23.0. The monoisotopic (exact) mass is 382 g/mol. The van der Waals surface area contributed by atoms with E-state index in [2.05, 4.69) is 21.2 Å². The molecule has 1 atom stereocenters. The zero-order valence-electron chi connectivity index (χ0n) is 11.7. The van der Waals surface area contributed by atoms with Gasteiger partial charge in [0.2, 0.25) is 0 Å². The molecule has 8 heteroatoms. The lowest BCUT2D eigenvalue weighted by Gasteiger charge is -2.12. The van der Waals surface area contributed by atoms with Gasteiger partial charge in [-0.3, -0.25) is 14.9 Å². The van der Waals surface area contributed by atoms with Crippen molar-refractivity contribution < 1.29 is 19.2 Å². The topological polar surface area (TPSA) is 92.5 Å². The summed E-state index contributed by atoms with van der Waals surface area (Å²) in [6.07, 6.45) is -1.06. The number of amides is 1. The number of hydrogen-bond donors (Lipinski definition) is 2. The van der Waals surface area contributed by atoms with E-state index in [-0.39, 0.29) is 17.8 Å². The van der Waals surface area contributed by atoms with Crippen LogP contribution in [-0.2, 0) is 0 Å². The smallest absolute Gasteiger partial charge is 0.269 e. The normalized spacial score (nSPS) is 11.8. The molecule has 2 aromatic carbocycles. The molecule has 2 aromatic rings. The number of benzene rings is 2. The van der Waals surface area contributed by atoms with Gasteiger partial charge in [0.25, 0.3) is 11.6 Å². The highest BCUT2D eigenvalue weighted by atomic mass is 79.9. The predicted molar refractivity (Wildman–Crippen MR) is 84.5 cm³/mol. The fourth-order valence-electron chi connectivity index (χ4n) is 1.89. The second-order valence-electron chi connectivity index (χ2n) is 4.70. The Labute approximate surface area is 139 Å². The van der Waals surface area contributed by atoms with Crippen LogP contribution in [-0.4, -0.2) is 22.5 Å². The van der Waals surface area contributed by atoms with Crippen LogP contribution in [0.2, 0.25) is 0 Å². The van der Waals surface area contributed by atoms with Crippen LogP contribution in [0, 0.1) is 15.9 Å². The van der Waals surface area contributed by atoms with E-state index >= 15 is 0 Å². The van der Waals surface area contributed by atoms with Crippen LogP contribution < -0.4 is 5.32 Å². The van der Waals surface area contributed by atoms with E-state index in [4.69, 9.17) is 0 Å². The summed E-state index contributed by atoms with van der Waals surface area (Å²) < 4.78 is 14.1. The summed E-state index contributed by atoms with van der Waals surface area (Å²) in [4.78, 5) is 21.9. The number of aliphatic hydroxyl groups is 1. The summed E-state index contributed by atoms with van der Waals surface area (Å²) in [5.41, 5.74) is 0.169. The largest absolute Gasteiger partial charge is 0.387 e. The SMILES string of the molecule is O=C(NCC(O)c1ccc([N+](=O)[O-])cc1)c1cc(Br)ccc1F. The van der Waals surface area contributed by atoms with Gasteiger partial charge < -0.3 is 10.4 Å². The molecule has 2 N–H and O–H groups in total. The zero-order chi connectivity index (χ0) is 17.0. The number of carbonyl (C=O) groups excluding carboxylic acids is 1. The molecule has 0 aliphatic carbocycles. The minimum Gasteiger partial charge on any atom is -0.387 e. The minimum absolute atomic E-state index is 0.0961. The molecule has 6 nitrogen and oxygen atoms in total. The van der Waals surface area contributed by atoms with Crippen LogP contribution >= 0.6 is 15.9 Å². The highest BCUT2D eigenvalue weighted by Crippen LogP contribution is 2.18. The van der Waals surface area contributed by atoms with Gasteiger partial charge in [-0.2, -0.15) is 0 Å². The van der Waals surface area contributed by atoms with Crippen molar-refractivity contribution in [2.75, 3.05) is 6.54 Å². The Morgan fingerprint density at radius 2 is 1.96 bits per heavy atom. The van der Waals surface area contributed by atoms with Crippen LogP contribution in [0.15, 0.2) is 46.9 Å². The van der Waals surface area contributed by atoms with Gasteiger partial charge in [-0.25, -0.2) is 4.39 Å². The number of nitro benzene ring substituents is 1. The van der Waals surface area contributed by atoms with E-state index in [0.717, 1.165) is 6.07 Å². The summed E-state index contributed by atoms with van der Waals surface area (Å²) in [7, 11) is 0. The van der Waals surface area contributed by atoms with Crippen molar-refractivity contribution in [3.8, 4) is 0 Å². The first-order chi connectivity index (χ1) is 10.9. The quantitative estimate of drug-likeness (QED) is 0.614. The molecule has 0 aromatic heterocycles. The number of rotatable bonds is 5. The van der Waals surface area contributed by atoms with Crippen LogP contribution in [0.25, 0.3) is 0 Å². The highest BCUT2D eigenvalue weighted by Gasteiger charge is 2.15. The molecule has 0 heterocycles. The molecule has 0 spiro atoms. The lowest BCUT2D eigenvalue weighted by atomic mass is 10.1. The Morgan fingerprint density at radius 1 is 1.30 bits per heavy atom. The van der Waals surface area contributed by atoms with Crippen molar-refractivity contribution in [1.82, 2.24) is 5.32 Å². The molecule has 0 saturated carbocycles. The van der Waals surface area contributed by atoms with Crippen molar-refractivity contribution in [2.24, 2.45) is 0 Å². The maximum atomic E-state index is 13.6. The molecule has 120 valence electrons. The fraction of sp³-hybridized carbons (Fsp3) is 0.133. The summed E-state index contributed by atoms with van der Waals surface area (Å²) in [6.45, 7) is -0.150. The van der Waals surface area contributed by atoms with E-state index in [1.54, 1.807) is 0 Å². The Bertz CT molecular complexity index is 737. The van der Waals surface area contributed by atoms with E-state index in [0.29, 0.717) is 10.0 Å². The Kier molecular flexibility index (Phi) is 5.41. The van der Waals surface area contributed by atoms with Crippen LogP contribution in [0.4, 0.5) is 10.1 Å². The molecule has 0 radical (unpaired) electrons. The maximum absolute atomic E-state index is 13.6. The summed E-state index contributed by atoms with van der Waals surface area (Å²) >= 11 is 3.15. The first kappa shape index (κ1) is 17.0. The molecule has 0 fully saturated rings. The van der Waals surface area contributed by atoms with E-state index in [1.165, 1.54) is 36.4 Å². The standard InChI is InChI=1S/C15H12BrFN2O4/c16-10-3-6-13(17)12(7-10)15(21)18-8-14(20)9-1-4-11(5-2-9)19(22)23/h1-7,14,20H,8H2,(H,18,21). The summed E-state index contributed by atoms with van der Waals surface area (Å²) in [6, 6.07) is 9.28. The average Bonchev–Trinajstić information content (AvgIpc) is 2.54. The number of nitrogens with zero attached hydrogens (tertiary/aromatic N) is 1. The molecule has 1 unspecified atom stereocenters. The van der Waals surface area contributed by atoms with Gasteiger partial charge >= 0.3 is 0 Å². The zero-order valence-corrected chi connectivity index (χ0v) is 13.3. The van der Waals surface area contributed by atoms with Crippen molar-refractivity contribution in [2.45, 2.75) is 6.10 Å². The lowest BCUT2D eigenvalue weighted by Crippen LogP contribution is -2.29. The number of non-ortho nitro benzene ring substituents is 1. The molecule has 0 saturated heterocycles. The van der Waals surface area contributed by atoms with Gasteiger partial charge in [-0.15, -0.1) is 0 Å². The number of halogens is 2. The van der Waals surface area contributed by atoms with E-state index < -0.39 is 22.8 Å². The maximum Gasteiger partial charge on any atom is 0.269 e. The molecule has 23 heavy (non-hydrogen) atoms. The fourth-order valence-corrected chi connectivity index (χ4v) is 2.25. The van der Waals surface area contributed by atoms with Crippen LogP contribution in [0.1, 0.15) is 22.0 Å². The second kappa shape index (κ2) is 7.30. The predicted octanol–water partition coefficient (Wildman–Crippen LogP) is 2.96. The number of nitro groups is 1. The summed E-state index contributed by atoms with van der Waals surface area (Å²) in [5.74, 6) is -1.33. The Morgan fingerprint density at radius 3 is 2.57 bits per heavy atom. The highest BCUT2D eigenvalue weighted by molar-refractivity contribution is 9.10. The number of hydrogen-bond acceptors (Lipinski definition) is 4. The van der Waals surface area contributed by atoms with Gasteiger partial charge in [0, 0.05) is 23.2 Å². The molecule has 1 amide bonds. The van der Waals surface area contributed by atoms with Crippen molar-refractivity contribution in [1.29, 1.82) is 0 Å². The average molecular weight is 383 g/mol. The van der Waals surface area contributed by atoms with Crippen molar-refractivity contribution >= 4 is 27.5 Å². The Balaban J connectivity index is 2.00. The van der Waals surface area contributed by atoms with Crippen molar-refractivity contribution in [3.63, 3.8) is 0 Å². The van der Waals surface area contributed by atoms with Gasteiger partial charge in [-0.05, 0) is 35.9 Å². The lowest BCUT2D eigenvalue weighted by molar-refractivity contribution is -0.384. The first-order valence-corrected chi connectivity index (χ1v) is 7.33. The number of nitrogens with one attached hydrogen (secondary N) is 1. The number of aliphatic hydroxyl groups excluding tert-OH is 1. The van der Waals surface area contributed by atoms with Crippen LogP contribution in [0.3, 0.4) is 0 Å². The number of carbonyl (C=O) groups is 1. The molecule has 0 aliphatic heterocycles. The third-order valence-electron chi connectivity index (χ3n) is 3.12. The van der Waals surface area contributed by atoms with Crippen molar-refractivity contribution in [3.05, 3.63) is 74.0 Å². The molecular weight excluding hydrogens is 371 g/mol. The molecule has 0 bridgehead atoms. The van der Waals surface area contributed by atoms with Gasteiger partial charge in [0.1, 0.15) is 5.82 Å². The second-order valence-corrected chi connectivity index (χ2v) is 5.61.